The molecule has 1 aromatic rings. The standard InChI is InChI=1S/C12H16BrNO.C4H4O4/c1-2-14-8-7-12(15,9-14)10-3-5-11(13)6-4-10;5-3(6)1-2-4(7)8/h3-6,15H,2,7-9H2,1H3;1-2H,(H,5,6)(H,7,8)/b;2-1-. The first-order valence-corrected chi connectivity index (χ1v) is 7.91. The van der Waals surface area contributed by atoms with Gasteiger partial charge in [0.2, 0.25) is 0 Å². The second kappa shape index (κ2) is 8.81. The van der Waals surface area contributed by atoms with E-state index in [9.17, 15) is 14.7 Å². The highest BCUT2D eigenvalue weighted by atomic mass is 79.9. The van der Waals surface area contributed by atoms with E-state index in [0.29, 0.717) is 12.2 Å². The summed E-state index contributed by atoms with van der Waals surface area (Å²) < 4.78 is 1.06. The van der Waals surface area contributed by atoms with Crippen LogP contribution in [-0.4, -0.2) is 51.8 Å². The number of rotatable bonds is 4. The molecule has 0 spiro atoms. The molecule has 0 aliphatic carbocycles. The van der Waals surface area contributed by atoms with Crippen molar-refractivity contribution in [2.75, 3.05) is 19.6 Å². The summed E-state index contributed by atoms with van der Waals surface area (Å²) in [5.41, 5.74) is 0.387. The normalized spacial score (nSPS) is 21.0. The van der Waals surface area contributed by atoms with Gasteiger partial charge in [-0.05, 0) is 30.7 Å². The Kier molecular flexibility index (Phi) is 7.41. The molecule has 0 bridgehead atoms. The van der Waals surface area contributed by atoms with Gasteiger partial charge in [-0.1, -0.05) is 35.0 Å². The van der Waals surface area contributed by atoms with Crippen LogP contribution in [0.15, 0.2) is 40.9 Å². The predicted octanol–water partition coefficient (Wildman–Crippen LogP) is 2.07. The molecule has 0 saturated carbocycles. The zero-order valence-electron chi connectivity index (χ0n) is 12.8. The molecule has 2 rings (SSSR count). The number of nitrogens with zero attached hydrogens (tertiary/aromatic N) is 1. The number of likely N-dealkylation sites (tertiary alicyclic amines) is 1. The van der Waals surface area contributed by atoms with Gasteiger partial charge in [-0.15, -0.1) is 0 Å². The van der Waals surface area contributed by atoms with Gasteiger partial charge in [0.1, 0.15) is 5.60 Å². The Morgan fingerprint density at radius 2 is 1.74 bits per heavy atom. The van der Waals surface area contributed by atoms with Gasteiger partial charge >= 0.3 is 11.9 Å². The predicted molar refractivity (Wildman–Crippen MR) is 89.2 cm³/mol. The molecular weight excluding hydrogens is 366 g/mol. The van der Waals surface area contributed by atoms with Crippen molar-refractivity contribution in [1.29, 1.82) is 0 Å². The van der Waals surface area contributed by atoms with Crippen molar-refractivity contribution >= 4 is 27.9 Å². The molecular formula is C16H20BrNO5. The van der Waals surface area contributed by atoms with E-state index in [1.165, 1.54) is 0 Å². The number of carbonyl (C=O) groups is 2. The Labute approximate surface area is 143 Å². The fourth-order valence-corrected chi connectivity index (χ4v) is 2.54. The van der Waals surface area contributed by atoms with Crippen LogP contribution in [0.4, 0.5) is 0 Å². The SMILES string of the molecule is CCN1CCC(O)(c2ccc(Br)cc2)C1.O=C(O)/C=C\C(=O)O. The third-order valence-corrected chi connectivity index (χ3v) is 4.05. The van der Waals surface area contributed by atoms with E-state index >= 15 is 0 Å². The van der Waals surface area contributed by atoms with E-state index in [1.807, 2.05) is 24.3 Å². The number of carboxylic acids is 2. The van der Waals surface area contributed by atoms with Gasteiger partial charge in [0, 0.05) is 29.7 Å². The minimum Gasteiger partial charge on any atom is -0.478 e. The third kappa shape index (κ3) is 6.52. The Balaban J connectivity index is 0.000000284. The average molecular weight is 386 g/mol. The van der Waals surface area contributed by atoms with Crippen LogP contribution in [0.25, 0.3) is 0 Å². The monoisotopic (exact) mass is 385 g/mol. The Morgan fingerprint density at radius 3 is 2.13 bits per heavy atom. The maximum atomic E-state index is 10.5. The van der Waals surface area contributed by atoms with Gasteiger partial charge < -0.3 is 20.2 Å². The lowest BCUT2D eigenvalue weighted by molar-refractivity contribution is -0.134. The molecule has 1 aliphatic rings. The largest absolute Gasteiger partial charge is 0.478 e. The molecule has 7 heteroatoms. The number of aliphatic carboxylic acids is 2. The maximum absolute atomic E-state index is 10.5. The first kappa shape index (κ1) is 19.3. The molecule has 126 valence electrons. The fraction of sp³-hybridized carbons (Fsp3) is 0.375. The van der Waals surface area contributed by atoms with Crippen molar-refractivity contribution in [3.8, 4) is 0 Å². The Hall–Kier alpha value is -1.70. The average Bonchev–Trinajstić information content (AvgIpc) is 2.89. The highest BCUT2D eigenvalue weighted by Gasteiger charge is 2.36. The third-order valence-electron chi connectivity index (χ3n) is 3.52. The first-order valence-electron chi connectivity index (χ1n) is 7.11. The molecule has 1 saturated heterocycles. The number of hydrogen-bond acceptors (Lipinski definition) is 4. The van der Waals surface area contributed by atoms with E-state index in [1.54, 1.807) is 0 Å². The molecule has 1 unspecified atom stereocenters. The van der Waals surface area contributed by atoms with Gasteiger partial charge in [0.25, 0.3) is 0 Å². The lowest BCUT2D eigenvalue weighted by Gasteiger charge is -2.23. The number of β-amino-alcohol motifs (C(OH)–C–C–N with tert-alkyl or cyclic N) is 1. The van der Waals surface area contributed by atoms with Crippen molar-refractivity contribution in [3.63, 3.8) is 0 Å². The molecule has 1 heterocycles. The molecule has 0 amide bonds. The summed E-state index contributed by atoms with van der Waals surface area (Å²) in [6.07, 6.45) is 1.95. The summed E-state index contributed by atoms with van der Waals surface area (Å²) in [7, 11) is 0. The summed E-state index contributed by atoms with van der Waals surface area (Å²) in [4.78, 5) is 21.4. The van der Waals surface area contributed by atoms with Crippen LogP contribution in [-0.2, 0) is 15.2 Å². The number of likely N-dealkylation sites (N-methyl/N-ethyl adjacent to an activating group) is 1. The molecule has 0 aromatic heterocycles. The van der Waals surface area contributed by atoms with Gasteiger partial charge in [-0.25, -0.2) is 9.59 Å². The molecule has 1 aliphatic heterocycles. The quantitative estimate of drug-likeness (QED) is 0.686. The molecule has 1 fully saturated rings. The zero-order valence-corrected chi connectivity index (χ0v) is 14.4. The molecule has 3 N–H and O–H groups in total. The van der Waals surface area contributed by atoms with Crippen molar-refractivity contribution in [2.24, 2.45) is 0 Å². The van der Waals surface area contributed by atoms with Gasteiger partial charge in [0.05, 0.1) is 0 Å². The Bertz CT molecular complexity index is 556. The van der Waals surface area contributed by atoms with Crippen LogP contribution in [0.5, 0.6) is 0 Å². The molecule has 23 heavy (non-hydrogen) atoms. The molecule has 1 atom stereocenters. The zero-order chi connectivity index (χ0) is 17.5. The smallest absolute Gasteiger partial charge is 0.328 e. The van der Waals surface area contributed by atoms with Crippen LogP contribution in [0.2, 0.25) is 0 Å². The van der Waals surface area contributed by atoms with E-state index in [4.69, 9.17) is 10.2 Å². The van der Waals surface area contributed by atoms with Gasteiger partial charge in [-0.3, -0.25) is 0 Å². The summed E-state index contributed by atoms with van der Waals surface area (Å²) in [5.74, 6) is -2.51. The van der Waals surface area contributed by atoms with Crippen LogP contribution in [0.3, 0.4) is 0 Å². The van der Waals surface area contributed by atoms with E-state index in [0.717, 1.165) is 36.1 Å². The second-order valence-electron chi connectivity index (χ2n) is 5.17. The van der Waals surface area contributed by atoms with E-state index in [-0.39, 0.29) is 0 Å². The maximum Gasteiger partial charge on any atom is 0.328 e. The van der Waals surface area contributed by atoms with Crippen molar-refractivity contribution in [3.05, 3.63) is 46.5 Å². The minimum atomic E-state index is -1.26. The lowest BCUT2D eigenvalue weighted by Crippen LogP contribution is -2.30. The lowest BCUT2D eigenvalue weighted by atomic mass is 9.93. The van der Waals surface area contributed by atoms with Gasteiger partial charge in [-0.2, -0.15) is 0 Å². The van der Waals surface area contributed by atoms with E-state index < -0.39 is 17.5 Å². The highest BCUT2D eigenvalue weighted by Crippen LogP contribution is 2.32. The number of benzene rings is 1. The summed E-state index contributed by atoms with van der Waals surface area (Å²) in [6.45, 7) is 4.89. The van der Waals surface area contributed by atoms with E-state index in [2.05, 4.69) is 27.8 Å². The fourth-order valence-electron chi connectivity index (χ4n) is 2.28. The van der Waals surface area contributed by atoms with Crippen molar-refractivity contribution in [1.82, 2.24) is 4.90 Å². The second-order valence-corrected chi connectivity index (χ2v) is 6.08. The topological polar surface area (TPSA) is 98.1 Å². The molecule has 6 nitrogen and oxygen atoms in total. The van der Waals surface area contributed by atoms with Crippen LogP contribution in [0.1, 0.15) is 18.9 Å². The van der Waals surface area contributed by atoms with Crippen LogP contribution >= 0.6 is 15.9 Å². The van der Waals surface area contributed by atoms with Gasteiger partial charge in [0.15, 0.2) is 0 Å². The highest BCUT2D eigenvalue weighted by molar-refractivity contribution is 9.10. The molecule has 0 radical (unpaired) electrons. The minimum absolute atomic E-state index is 0.558. The molecule has 1 aromatic carbocycles. The Morgan fingerprint density at radius 1 is 1.22 bits per heavy atom. The van der Waals surface area contributed by atoms with Crippen LogP contribution in [0, 0.1) is 0 Å². The first-order chi connectivity index (χ1) is 10.8. The van der Waals surface area contributed by atoms with Crippen LogP contribution < -0.4 is 0 Å². The number of hydrogen-bond donors (Lipinski definition) is 3. The number of halogens is 1. The van der Waals surface area contributed by atoms with Crippen molar-refractivity contribution < 1.29 is 24.9 Å². The van der Waals surface area contributed by atoms with Crippen molar-refractivity contribution in [2.45, 2.75) is 18.9 Å². The number of carboxylic acid groups (broad SMARTS) is 2. The summed E-state index contributed by atoms with van der Waals surface area (Å²) in [5, 5.41) is 26.1. The number of aliphatic hydroxyl groups is 1. The summed E-state index contributed by atoms with van der Waals surface area (Å²) in [6, 6.07) is 7.98. The summed E-state index contributed by atoms with van der Waals surface area (Å²) >= 11 is 3.41.